The number of carboxylic acids is 1. The topological polar surface area (TPSA) is 117 Å². The van der Waals surface area contributed by atoms with Gasteiger partial charge in [-0.05, 0) is 102 Å². The summed E-state index contributed by atoms with van der Waals surface area (Å²) in [5.74, 6) is -0.185. The van der Waals surface area contributed by atoms with Crippen LogP contribution >= 0.6 is 0 Å². The molecule has 10 heteroatoms. The summed E-state index contributed by atoms with van der Waals surface area (Å²) in [4.78, 5) is 37.2. The van der Waals surface area contributed by atoms with Gasteiger partial charge in [0.2, 0.25) is 0 Å². The van der Waals surface area contributed by atoms with Crippen molar-refractivity contribution in [2.45, 2.75) is 38.1 Å². The molecule has 5 heterocycles. The number of pyridine rings is 2. The third-order valence-corrected chi connectivity index (χ3v) is 11.9. The van der Waals surface area contributed by atoms with Crippen molar-refractivity contribution in [1.29, 1.82) is 0 Å². The Kier molecular flexibility index (Phi) is 8.62. The van der Waals surface area contributed by atoms with E-state index in [0.717, 1.165) is 98.2 Å². The number of aromatic carboxylic acids is 1. The van der Waals surface area contributed by atoms with E-state index in [2.05, 4.69) is 80.2 Å². The molecule has 0 spiro atoms. The van der Waals surface area contributed by atoms with E-state index in [9.17, 15) is 9.90 Å². The van der Waals surface area contributed by atoms with Crippen LogP contribution in [0.1, 0.15) is 48.5 Å². The third-order valence-electron chi connectivity index (χ3n) is 11.9. The van der Waals surface area contributed by atoms with Crippen molar-refractivity contribution >= 4 is 38.8 Å². The molecule has 1 aliphatic carbocycles. The third kappa shape index (κ3) is 6.21. The second-order valence-electron chi connectivity index (χ2n) is 15.5. The second-order valence-corrected chi connectivity index (χ2v) is 15.5. The first-order valence-electron chi connectivity index (χ1n) is 20.3. The van der Waals surface area contributed by atoms with Gasteiger partial charge in [-0.15, -0.1) is 0 Å². The Bertz CT molecular complexity index is 3200. The van der Waals surface area contributed by atoms with Crippen LogP contribution in [0.2, 0.25) is 0 Å². The number of nitrogens with zero attached hydrogens (tertiary/aromatic N) is 8. The van der Waals surface area contributed by atoms with E-state index < -0.39 is 5.97 Å². The van der Waals surface area contributed by atoms with Gasteiger partial charge in [0.15, 0.2) is 0 Å². The van der Waals surface area contributed by atoms with E-state index in [1.165, 1.54) is 6.42 Å². The first kappa shape index (κ1) is 35.4. The van der Waals surface area contributed by atoms with Gasteiger partial charge < -0.3 is 18.8 Å². The Labute approximate surface area is 345 Å². The van der Waals surface area contributed by atoms with Crippen molar-refractivity contribution in [3.8, 4) is 56.3 Å². The quantitative estimate of drug-likeness (QED) is 0.163. The number of rotatable bonds is 8. The highest BCUT2D eigenvalue weighted by Crippen LogP contribution is 2.44. The fraction of sp³-hybridized carbons (Fsp3) is 0.120. The number of carboxylic acid groups (broad SMARTS) is 1. The van der Waals surface area contributed by atoms with Gasteiger partial charge in [-0.2, -0.15) is 0 Å². The summed E-state index contributed by atoms with van der Waals surface area (Å²) < 4.78 is 6.32. The van der Waals surface area contributed by atoms with Crippen LogP contribution in [0.5, 0.6) is 0 Å². The molecule has 0 radical (unpaired) electrons. The number of fused-ring (bicyclic) bond motifs is 3. The average molecular weight is 783 g/mol. The molecule has 1 fully saturated rings. The van der Waals surface area contributed by atoms with Gasteiger partial charge in [0.25, 0.3) is 0 Å². The molecule has 1 aliphatic rings. The fourth-order valence-electron chi connectivity index (χ4n) is 8.97. The summed E-state index contributed by atoms with van der Waals surface area (Å²) in [6.07, 6.45) is 18.1. The molecular formula is C50H38N8O2. The van der Waals surface area contributed by atoms with E-state index in [1.54, 1.807) is 31.2 Å². The largest absolute Gasteiger partial charge is 0.478 e. The molecule has 0 aliphatic heterocycles. The van der Waals surface area contributed by atoms with Crippen LogP contribution in [0.25, 0.3) is 89.1 Å². The van der Waals surface area contributed by atoms with E-state index >= 15 is 0 Å². The first-order chi connectivity index (χ1) is 29.6. The van der Waals surface area contributed by atoms with Crippen molar-refractivity contribution in [2.24, 2.45) is 0 Å². The molecule has 0 unspecified atom stereocenters. The highest BCUT2D eigenvalue weighted by atomic mass is 16.4. The van der Waals surface area contributed by atoms with Gasteiger partial charge in [0.1, 0.15) is 5.82 Å². The Morgan fingerprint density at radius 2 is 1.27 bits per heavy atom. The molecule has 0 atom stereocenters. The minimum absolute atomic E-state index is 0.195. The summed E-state index contributed by atoms with van der Waals surface area (Å²) in [6.45, 7) is 0. The van der Waals surface area contributed by atoms with Gasteiger partial charge >= 0.3 is 5.97 Å². The zero-order valence-corrected chi connectivity index (χ0v) is 32.6. The summed E-state index contributed by atoms with van der Waals surface area (Å²) >= 11 is 0. The minimum Gasteiger partial charge on any atom is -0.478 e. The number of imidazole rings is 3. The highest BCUT2D eigenvalue weighted by Gasteiger charge is 2.29. The van der Waals surface area contributed by atoms with E-state index in [4.69, 9.17) is 9.97 Å². The fourth-order valence-corrected chi connectivity index (χ4v) is 8.97. The molecule has 290 valence electrons. The van der Waals surface area contributed by atoms with Crippen molar-refractivity contribution in [2.75, 3.05) is 0 Å². The molecule has 0 saturated heterocycles. The molecule has 10 aromatic rings. The average Bonchev–Trinajstić information content (AvgIpc) is 4.11. The van der Waals surface area contributed by atoms with Crippen LogP contribution in [0, 0.1) is 0 Å². The van der Waals surface area contributed by atoms with Crippen LogP contribution in [0.15, 0.2) is 159 Å². The monoisotopic (exact) mass is 782 g/mol. The van der Waals surface area contributed by atoms with Gasteiger partial charge in [-0.1, -0.05) is 61.7 Å². The molecule has 5 aromatic carbocycles. The standard InChI is InChI=1S/C50H38N8O2/c59-50(60)47-41(32-8-15-38(16-9-32)56-25-23-51-30-56)29-45-48(46(47)36-13-19-42-34(27-36)5-4-22-53-42)55-49(58(45)40-6-2-1-3-7-40)37-14-21-44-35(28-37)12-20-43(54-44)33-10-17-39(18-11-33)57-26-24-52-31-57/h4-5,8-31,40H,1-3,6-7H2,(H,59,60). The molecule has 1 saturated carbocycles. The van der Waals surface area contributed by atoms with Crippen molar-refractivity contribution in [1.82, 2.24) is 38.6 Å². The van der Waals surface area contributed by atoms with Crippen LogP contribution in [0.3, 0.4) is 0 Å². The van der Waals surface area contributed by atoms with Gasteiger partial charge in [-0.3, -0.25) is 4.98 Å². The van der Waals surface area contributed by atoms with E-state index in [-0.39, 0.29) is 11.6 Å². The zero-order valence-electron chi connectivity index (χ0n) is 32.6. The van der Waals surface area contributed by atoms with Crippen molar-refractivity contribution in [3.63, 3.8) is 0 Å². The normalized spacial score (nSPS) is 13.4. The van der Waals surface area contributed by atoms with Crippen LogP contribution in [-0.2, 0) is 0 Å². The molecule has 1 N–H and O–H groups in total. The molecule has 0 bridgehead atoms. The maximum atomic E-state index is 13.7. The molecular weight excluding hydrogens is 745 g/mol. The second kappa shape index (κ2) is 14.6. The molecule has 0 amide bonds. The predicted molar refractivity (Wildman–Crippen MR) is 235 cm³/mol. The molecule has 10 nitrogen and oxygen atoms in total. The summed E-state index contributed by atoms with van der Waals surface area (Å²) in [7, 11) is 0. The smallest absolute Gasteiger partial charge is 0.337 e. The van der Waals surface area contributed by atoms with Gasteiger partial charge in [0, 0.05) is 75.9 Å². The van der Waals surface area contributed by atoms with E-state index in [1.807, 2.05) is 76.1 Å². The number of hydrogen-bond acceptors (Lipinski definition) is 6. The Hall–Kier alpha value is -7.72. The van der Waals surface area contributed by atoms with Crippen molar-refractivity contribution < 1.29 is 9.90 Å². The highest BCUT2D eigenvalue weighted by molar-refractivity contribution is 6.12. The molecule has 5 aromatic heterocycles. The maximum absolute atomic E-state index is 13.7. The lowest BCUT2D eigenvalue weighted by Crippen LogP contribution is -2.14. The lowest BCUT2D eigenvalue weighted by molar-refractivity contribution is 0.0698. The number of hydrogen-bond donors (Lipinski definition) is 1. The van der Waals surface area contributed by atoms with Crippen LogP contribution < -0.4 is 0 Å². The lowest BCUT2D eigenvalue weighted by atomic mass is 9.89. The summed E-state index contributed by atoms with van der Waals surface area (Å²) in [6, 6.07) is 39.0. The summed E-state index contributed by atoms with van der Waals surface area (Å²) in [5, 5.41) is 13.1. The molecule has 11 rings (SSSR count). The van der Waals surface area contributed by atoms with Crippen LogP contribution in [-0.4, -0.2) is 49.7 Å². The minimum atomic E-state index is -1.01. The van der Waals surface area contributed by atoms with Gasteiger partial charge in [-0.25, -0.2) is 24.7 Å². The SMILES string of the molecule is O=C(O)c1c(-c2ccc(-n3ccnc3)cc2)cc2c(nc(-c3ccc4nc(-c5ccc(-n6ccnc6)cc5)ccc4c3)n2C2CCCCC2)c1-c1ccc2ncccc2c1. The Balaban J connectivity index is 1.11. The number of carbonyl (C=O) groups is 1. The Morgan fingerprint density at radius 3 is 1.97 bits per heavy atom. The number of benzene rings is 5. The van der Waals surface area contributed by atoms with E-state index in [0.29, 0.717) is 16.6 Å². The van der Waals surface area contributed by atoms with Crippen molar-refractivity contribution in [3.05, 3.63) is 164 Å². The Morgan fingerprint density at radius 1 is 0.617 bits per heavy atom. The lowest BCUT2D eigenvalue weighted by Gasteiger charge is -2.26. The maximum Gasteiger partial charge on any atom is 0.337 e. The predicted octanol–water partition coefficient (Wildman–Crippen LogP) is 11.4. The summed E-state index contributed by atoms with van der Waals surface area (Å²) in [5.41, 5.74) is 11.2. The van der Waals surface area contributed by atoms with Crippen LogP contribution in [0.4, 0.5) is 0 Å². The first-order valence-corrected chi connectivity index (χ1v) is 20.3. The number of aromatic nitrogens is 8. The van der Waals surface area contributed by atoms with Gasteiger partial charge in [0.05, 0.1) is 46.0 Å². The molecule has 60 heavy (non-hydrogen) atoms. The zero-order chi connectivity index (χ0) is 40.2.